The molecule has 66 heavy (non-hydrogen) atoms. The lowest BCUT2D eigenvalue weighted by Crippen LogP contribution is -2.12. The van der Waals surface area contributed by atoms with Gasteiger partial charge in [0.1, 0.15) is 0 Å². The largest absolute Gasteiger partial charge is 0.310 e. The predicted molar refractivity (Wildman–Crippen MR) is 274 cm³/mol. The Morgan fingerprint density at radius 1 is 0.227 bits per heavy atom. The highest BCUT2D eigenvalue weighted by Crippen LogP contribution is 2.50. The molecular weight excluding hydrogens is 797 g/mol. The minimum Gasteiger partial charge on any atom is -0.310 e. The number of fused-ring (bicyclic) bond motifs is 12. The molecule has 10 aromatic carbocycles. The summed E-state index contributed by atoms with van der Waals surface area (Å²) in [6.07, 6.45) is 3.76. The average Bonchev–Trinajstić information content (AvgIpc) is 4.15. The molecule has 0 radical (unpaired) electrons. The van der Waals surface area contributed by atoms with Crippen molar-refractivity contribution in [2.75, 3.05) is 9.80 Å². The Morgan fingerprint density at radius 3 is 0.955 bits per heavy atom. The third-order valence-electron chi connectivity index (χ3n) is 14.8. The van der Waals surface area contributed by atoms with Crippen molar-refractivity contribution >= 4 is 34.1 Å². The fourth-order valence-corrected chi connectivity index (χ4v) is 11.7. The second kappa shape index (κ2) is 14.7. The topological polar surface area (TPSA) is 6.48 Å². The van der Waals surface area contributed by atoms with Gasteiger partial charge in [0.25, 0.3) is 0 Å². The van der Waals surface area contributed by atoms with E-state index in [2.05, 4.69) is 228 Å². The van der Waals surface area contributed by atoms with E-state index in [9.17, 15) is 0 Å². The van der Waals surface area contributed by atoms with E-state index >= 15 is 0 Å². The summed E-state index contributed by atoms with van der Waals surface area (Å²) in [6.45, 7) is 0. The van der Waals surface area contributed by atoms with Crippen LogP contribution in [0.2, 0.25) is 0 Å². The maximum absolute atomic E-state index is 2.49. The third-order valence-corrected chi connectivity index (χ3v) is 14.8. The third kappa shape index (κ3) is 5.81. The van der Waals surface area contributed by atoms with E-state index < -0.39 is 0 Å². The van der Waals surface area contributed by atoms with Gasteiger partial charge in [0.2, 0.25) is 0 Å². The lowest BCUT2D eigenvalue weighted by molar-refractivity contribution is 1.19. The predicted octanol–water partition coefficient (Wildman–Crippen LogP) is 16.6. The summed E-state index contributed by atoms with van der Waals surface area (Å²) in [6, 6.07) is 81.8. The quantitative estimate of drug-likeness (QED) is 0.158. The number of nitrogens with zero attached hydrogens (tertiary/aromatic N) is 2. The second-order valence-electron chi connectivity index (χ2n) is 18.4. The molecule has 310 valence electrons. The zero-order valence-corrected chi connectivity index (χ0v) is 36.5. The summed E-state index contributed by atoms with van der Waals surface area (Å²) in [4.78, 5) is 4.98. The van der Waals surface area contributed by atoms with Gasteiger partial charge in [0, 0.05) is 35.6 Å². The van der Waals surface area contributed by atoms with E-state index in [0.717, 1.165) is 37.1 Å². The molecule has 0 unspecified atom stereocenters. The Hall–Kier alpha value is -8.20. The van der Waals surface area contributed by atoms with Crippen LogP contribution in [0.5, 0.6) is 0 Å². The lowest BCUT2D eigenvalue weighted by Gasteiger charge is -2.29. The van der Waals surface area contributed by atoms with Crippen LogP contribution in [0.4, 0.5) is 34.1 Å². The zero-order valence-electron chi connectivity index (χ0n) is 36.5. The van der Waals surface area contributed by atoms with Gasteiger partial charge in [-0.3, -0.25) is 0 Å². The molecule has 14 rings (SSSR count). The van der Waals surface area contributed by atoms with Crippen molar-refractivity contribution in [2.45, 2.75) is 25.7 Å². The zero-order chi connectivity index (χ0) is 43.3. The SMILES string of the molecule is c1ccc2c(c1)Cc1cc(N(c3ccc(-c4ccc(N(c5ccc6c(c5)Cc5ccccc5-6)c5cccc6c5Cc5ccccc5-6)cc4)cc3)c3cccc4c3Cc3ccccc3-4)ccc1-2. The standard InChI is InChI=1S/C64H44N2/c1-5-15-53-43(11-1)35-47-37-51(31-33-57(47)53)65(63-21-9-19-59-55-17-7-3-13-45(55)39-61(59)63)49-27-23-41(24-28-49)42-25-29-50(30-26-42)66(52-32-34-58-48(38-52)36-44-12-2-6-16-54(44)58)64-22-10-20-60-56-18-8-4-14-46(56)40-62(60)64/h1-34,37-38H,35-36,39-40H2. The van der Waals surface area contributed by atoms with Crippen molar-refractivity contribution in [3.8, 4) is 55.6 Å². The molecule has 0 heterocycles. The van der Waals surface area contributed by atoms with E-state index in [1.54, 1.807) is 0 Å². The molecule has 0 N–H and O–H groups in total. The minimum atomic E-state index is 0.924. The molecular formula is C64H44N2. The first kappa shape index (κ1) is 37.2. The van der Waals surface area contributed by atoms with Gasteiger partial charge >= 0.3 is 0 Å². The molecule has 0 spiro atoms. The van der Waals surface area contributed by atoms with Crippen LogP contribution in [0, 0.1) is 0 Å². The van der Waals surface area contributed by atoms with Gasteiger partial charge in [0.15, 0.2) is 0 Å². The van der Waals surface area contributed by atoms with Gasteiger partial charge in [-0.25, -0.2) is 0 Å². The van der Waals surface area contributed by atoms with Crippen molar-refractivity contribution in [2.24, 2.45) is 0 Å². The molecule has 2 heteroatoms. The fraction of sp³-hybridized carbons (Fsp3) is 0.0625. The maximum Gasteiger partial charge on any atom is 0.0503 e. The van der Waals surface area contributed by atoms with Gasteiger partial charge in [-0.1, -0.05) is 158 Å². The van der Waals surface area contributed by atoms with Gasteiger partial charge in [-0.05, 0) is 174 Å². The Kier molecular flexibility index (Phi) is 8.27. The molecule has 4 aliphatic carbocycles. The molecule has 2 nitrogen and oxygen atoms in total. The normalized spacial score (nSPS) is 12.9. The molecule has 0 bridgehead atoms. The van der Waals surface area contributed by atoms with Crippen LogP contribution in [0.25, 0.3) is 55.6 Å². The molecule has 4 aliphatic rings. The molecule has 0 saturated carbocycles. The van der Waals surface area contributed by atoms with E-state index in [1.165, 1.54) is 123 Å². The summed E-state index contributed by atoms with van der Waals surface area (Å²) in [5.41, 5.74) is 31.5. The molecule has 10 aromatic rings. The smallest absolute Gasteiger partial charge is 0.0503 e. The number of anilines is 6. The Morgan fingerprint density at radius 2 is 0.545 bits per heavy atom. The summed E-state index contributed by atoms with van der Waals surface area (Å²) in [5, 5.41) is 0. The number of benzene rings is 10. The van der Waals surface area contributed by atoms with E-state index in [1.807, 2.05) is 0 Å². The fourth-order valence-electron chi connectivity index (χ4n) is 11.7. The monoisotopic (exact) mass is 840 g/mol. The first-order chi connectivity index (χ1) is 32.7. The van der Waals surface area contributed by atoms with Crippen LogP contribution in [0.15, 0.2) is 218 Å². The van der Waals surface area contributed by atoms with Crippen molar-refractivity contribution < 1.29 is 0 Å². The molecule has 0 aliphatic heterocycles. The minimum absolute atomic E-state index is 0.924. The molecule has 0 aromatic heterocycles. The summed E-state index contributed by atoms with van der Waals surface area (Å²) in [7, 11) is 0. The van der Waals surface area contributed by atoms with Gasteiger partial charge in [-0.2, -0.15) is 0 Å². The first-order valence-corrected chi connectivity index (χ1v) is 23.3. The van der Waals surface area contributed by atoms with Crippen LogP contribution in [0.1, 0.15) is 44.5 Å². The highest BCUT2D eigenvalue weighted by Gasteiger charge is 2.29. The molecule has 0 amide bonds. The lowest BCUT2D eigenvalue weighted by atomic mass is 10.00. The van der Waals surface area contributed by atoms with E-state index in [0.29, 0.717) is 0 Å². The summed E-state index contributed by atoms with van der Waals surface area (Å²) in [5.74, 6) is 0. The van der Waals surface area contributed by atoms with Crippen molar-refractivity contribution in [3.63, 3.8) is 0 Å². The van der Waals surface area contributed by atoms with Gasteiger partial charge in [0.05, 0.1) is 11.4 Å². The van der Waals surface area contributed by atoms with Crippen LogP contribution < -0.4 is 9.80 Å². The summed E-state index contributed by atoms with van der Waals surface area (Å²) >= 11 is 0. The maximum atomic E-state index is 2.49. The number of hydrogen-bond donors (Lipinski definition) is 0. The second-order valence-corrected chi connectivity index (χ2v) is 18.4. The average molecular weight is 841 g/mol. The van der Waals surface area contributed by atoms with Crippen molar-refractivity contribution in [3.05, 3.63) is 263 Å². The number of hydrogen-bond acceptors (Lipinski definition) is 2. The van der Waals surface area contributed by atoms with Crippen molar-refractivity contribution in [1.82, 2.24) is 0 Å². The van der Waals surface area contributed by atoms with Gasteiger partial charge < -0.3 is 9.80 Å². The van der Waals surface area contributed by atoms with Crippen LogP contribution >= 0.6 is 0 Å². The number of rotatable bonds is 7. The first-order valence-electron chi connectivity index (χ1n) is 23.3. The summed E-state index contributed by atoms with van der Waals surface area (Å²) < 4.78 is 0. The van der Waals surface area contributed by atoms with E-state index in [-0.39, 0.29) is 0 Å². The Balaban J connectivity index is 0.838. The molecule has 0 saturated heterocycles. The highest BCUT2D eigenvalue weighted by atomic mass is 15.2. The van der Waals surface area contributed by atoms with Crippen LogP contribution in [0.3, 0.4) is 0 Å². The van der Waals surface area contributed by atoms with Crippen LogP contribution in [-0.2, 0) is 25.7 Å². The highest BCUT2D eigenvalue weighted by molar-refractivity contribution is 5.92. The Bertz CT molecular complexity index is 3360. The molecule has 0 atom stereocenters. The molecule has 0 fully saturated rings. The van der Waals surface area contributed by atoms with Crippen LogP contribution in [-0.4, -0.2) is 0 Å². The van der Waals surface area contributed by atoms with Crippen molar-refractivity contribution in [1.29, 1.82) is 0 Å². The Labute approximate surface area is 386 Å². The van der Waals surface area contributed by atoms with E-state index in [4.69, 9.17) is 0 Å². The van der Waals surface area contributed by atoms with Gasteiger partial charge in [-0.15, -0.1) is 0 Å².